The first-order valence-corrected chi connectivity index (χ1v) is 10.3. The summed E-state index contributed by atoms with van der Waals surface area (Å²) in [5.74, 6) is -0.877. The number of carbonyl (C=O) groups excluding carboxylic acids is 2. The van der Waals surface area contributed by atoms with E-state index < -0.39 is 39.5 Å². The number of ether oxygens (including phenoxy) is 4. The van der Waals surface area contributed by atoms with Crippen LogP contribution in [0.25, 0.3) is 0 Å². The average Bonchev–Trinajstić information content (AvgIpc) is 2.84. The fraction of sp³-hybridized carbons (Fsp3) is 0.882. The van der Waals surface area contributed by atoms with Gasteiger partial charge in [0.15, 0.2) is 10.6 Å². The van der Waals surface area contributed by atoms with Crippen molar-refractivity contribution in [3.8, 4) is 0 Å². The molecule has 4 saturated carbocycles. The van der Waals surface area contributed by atoms with Crippen LogP contribution in [0.15, 0.2) is 0 Å². The summed E-state index contributed by atoms with van der Waals surface area (Å²) in [5.41, 5.74) is -1.69. The summed E-state index contributed by atoms with van der Waals surface area (Å²) in [6.07, 6.45) is 2.79. The van der Waals surface area contributed by atoms with Gasteiger partial charge in [-0.25, -0.2) is 0 Å². The summed E-state index contributed by atoms with van der Waals surface area (Å²) in [7, 11) is 4.29. The third kappa shape index (κ3) is 1.61. The highest BCUT2D eigenvalue weighted by Gasteiger charge is 2.96. The third-order valence-corrected chi connectivity index (χ3v) is 10.0. The lowest BCUT2D eigenvalue weighted by molar-refractivity contribution is -0.269. The zero-order chi connectivity index (χ0) is 18.2. The molecule has 8 atom stereocenters. The molecule has 4 aliphatic carbocycles. The fourth-order valence-electron chi connectivity index (χ4n) is 6.47. The molecule has 0 aromatic rings. The Labute approximate surface area is 163 Å². The van der Waals surface area contributed by atoms with Gasteiger partial charge in [0.1, 0.15) is 5.41 Å². The van der Waals surface area contributed by atoms with E-state index in [1.54, 1.807) is 7.11 Å². The number of methoxy groups -OCH3 is 3. The van der Waals surface area contributed by atoms with Crippen molar-refractivity contribution >= 4 is 43.8 Å². The second kappa shape index (κ2) is 5.66. The predicted molar refractivity (Wildman–Crippen MR) is 94.4 cm³/mol. The molecular weight excluding hydrogens is 460 g/mol. The highest BCUT2D eigenvalue weighted by molar-refractivity contribution is 9.10. The SMILES string of the molecule is COC(=O)[C@@]12[C@H]3O[C@@H](OC)[C@@H]1C[C@H]1CCC[C@H](Br)[C@@]13[C@@]2(Br)C(=O)OC. The second-order valence-electron chi connectivity index (χ2n) is 7.50. The van der Waals surface area contributed by atoms with E-state index in [2.05, 4.69) is 31.9 Å². The molecule has 8 heteroatoms. The van der Waals surface area contributed by atoms with Gasteiger partial charge in [-0.3, -0.25) is 9.59 Å². The Morgan fingerprint density at radius 2 is 1.80 bits per heavy atom. The van der Waals surface area contributed by atoms with Crippen LogP contribution in [0, 0.1) is 22.7 Å². The fourth-order valence-corrected chi connectivity index (χ4v) is 9.70. The zero-order valence-electron chi connectivity index (χ0n) is 14.4. The minimum atomic E-state index is -1.19. The van der Waals surface area contributed by atoms with Crippen molar-refractivity contribution in [1.82, 2.24) is 0 Å². The molecule has 0 unspecified atom stereocenters. The third-order valence-electron chi connectivity index (χ3n) is 7.16. The molecule has 4 bridgehead atoms. The molecule has 140 valence electrons. The summed E-state index contributed by atoms with van der Waals surface area (Å²) in [6, 6.07) is 0. The van der Waals surface area contributed by atoms with E-state index in [4.69, 9.17) is 18.9 Å². The average molecular weight is 482 g/mol. The van der Waals surface area contributed by atoms with Crippen LogP contribution in [0.4, 0.5) is 0 Å². The number of alkyl halides is 2. The van der Waals surface area contributed by atoms with E-state index in [-0.39, 0.29) is 16.7 Å². The number of hydrogen-bond acceptors (Lipinski definition) is 6. The lowest BCUT2D eigenvalue weighted by Gasteiger charge is -2.75. The molecule has 6 nitrogen and oxygen atoms in total. The maximum absolute atomic E-state index is 13.1. The van der Waals surface area contributed by atoms with Crippen LogP contribution in [0.1, 0.15) is 25.7 Å². The van der Waals surface area contributed by atoms with Crippen LogP contribution in [0.3, 0.4) is 0 Å². The number of halogens is 2. The summed E-state index contributed by atoms with van der Waals surface area (Å²) >= 11 is 7.57. The lowest BCUT2D eigenvalue weighted by Crippen LogP contribution is -2.89. The van der Waals surface area contributed by atoms with Crippen LogP contribution < -0.4 is 0 Å². The molecule has 1 aliphatic heterocycles. The first-order chi connectivity index (χ1) is 11.9. The van der Waals surface area contributed by atoms with Gasteiger partial charge in [-0.15, -0.1) is 0 Å². The molecule has 1 saturated heterocycles. The largest absolute Gasteiger partial charge is 0.468 e. The van der Waals surface area contributed by atoms with Crippen LogP contribution in [-0.4, -0.2) is 54.8 Å². The number of rotatable bonds is 3. The van der Waals surface area contributed by atoms with E-state index in [9.17, 15) is 9.59 Å². The van der Waals surface area contributed by atoms with Crippen LogP contribution in [0.2, 0.25) is 0 Å². The molecule has 25 heavy (non-hydrogen) atoms. The summed E-state index contributed by atoms with van der Waals surface area (Å²) < 4.78 is 21.0. The maximum Gasteiger partial charge on any atom is 0.324 e. The summed E-state index contributed by atoms with van der Waals surface area (Å²) in [4.78, 5) is 26.2. The van der Waals surface area contributed by atoms with E-state index in [0.29, 0.717) is 0 Å². The van der Waals surface area contributed by atoms with E-state index in [1.165, 1.54) is 14.2 Å². The van der Waals surface area contributed by atoms with Gasteiger partial charge in [0.2, 0.25) is 0 Å². The van der Waals surface area contributed by atoms with Crippen LogP contribution >= 0.6 is 31.9 Å². The van der Waals surface area contributed by atoms with Gasteiger partial charge in [-0.05, 0) is 25.2 Å². The Morgan fingerprint density at radius 1 is 1.12 bits per heavy atom. The van der Waals surface area contributed by atoms with Crippen LogP contribution in [-0.2, 0) is 28.5 Å². The zero-order valence-corrected chi connectivity index (χ0v) is 17.6. The Balaban J connectivity index is 1.98. The van der Waals surface area contributed by atoms with Gasteiger partial charge in [-0.2, -0.15) is 0 Å². The van der Waals surface area contributed by atoms with Gasteiger partial charge in [0.25, 0.3) is 0 Å². The van der Waals surface area contributed by atoms with E-state index >= 15 is 0 Å². The second-order valence-corrected chi connectivity index (χ2v) is 9.80. The molecule has 5 fully saturated rings. The highest BCUT2D eigenvalue weighted by Crippen LogP contribution is 2.84. The molecule has 0 N–H and O–H groups in total. The standard InChI is InChI=1S/C17H22Br2O6/c1-22-11-9-7-8-5-4-6-10(18)15(8)12(25-11)16(9,13(20)23-2)17(15,19)14(21)24-3/h8-12H,4-7H2,1-3H3/t8-,9+,10+,11-,12+,15+,16+,17+/m1/s1. The molecule has 0 radical (unpaired) electrons. The van der Waals surface area contributed by atoms with Crippen molar-refractivity contribution in [1.29, 1.82) is 0 Å². The summed E-state index contributed by atoms with van der Waals surface area (Å²) in [5, 5.41) is 0. The smallest absolute Gasteiger partial charge is 0.324 e. The first kappa shape index (κ1) is 18.2. The maximum atomic E-state index is 13.1. The Hall–Kier alpha value is -0.180. The van der Waals surface area contributed by atoms with Gasteiger partial charge in [0, 0.05) is 23.3 Å². The van der Waals surface area contributed by atoms with Crippen molar-refractivity contribution < 1.29 is 28.5 Å². The lowest BCUT2D eigenvalue weighted by atomic mass is 9.30. The van der Waals surface area contributed by atoms with Crippen molar-refractivity contribution in [2.45, 2.75) is 47.2 Å². The molecular formula is C17H22Br2O6. The van der Waals surface area contributed by atoms with Crippen LogP contribution in [0.5, 0.6) is 0 Å². The van der Waals surface area contributed by atoms with Crippen molar-refractivity contribution in [3.63, 3.8) is 0 Å². The first-order valence-electron chi connectivity index (χ1n) is 8.57. The van der Waals surface area contributed by atoms with Crippen molar-refractivity contribution in [2.24, 2.45) is 22.7 Å². The number of carbonyl (C=O) groups is 2. The molecule has 1 heterocycles. The monoisotopic (exact) mass is 480 g/mol. The Morgan fingerprint density at radius 3 is 2.40 bits per heavy atom. The molecule has 0 amide bonds. The number of esters is 2. The van der Waals surface area contributed by atoms with Gasteiger partial charge >= 0.3 is 11.9 Å². The quantitative estimate of drug-likeness (QED) is 0.455. The van der Waals surface area contributed by atoms with Gasteiger partial charge in [-0.1, -0.05) is 38.3 Å². The normalized spacial score (nSPS) is 52.8. The van der Waals surface area contributed by atoms with E-state index in [0.717, 1.165) is 25.7 Å². The number of hydrogen-bond donors (Lipinski definition) is 0. The molecule has 5 rings (SSSR count). The van der Waals surface area contributed by atoms with Crippen molar-refractivity contribution in [3.05, 3.63) is 0 Å². The topological polar surface area (TPSA) is 71.1 Å². The molecule has 5 aliphatic rings. The van der Waals surface area contributed by atoms with Crippen molar-refractivity contribution in [2.75, 3.05) is 21.3 Å². The molecule has 0 aromatic heterocycles. The molecule has 0 aromatic carbocycles. The summed E-state index contributed by atoms with van der Waals surface area (Å²) in [6.45, 7) is 0. The van der Waals surface area contributed by atoms with Gasteiger partial charge in [0.05, 0.1) is 20.3 Å². The van der Waals surface area contributed by atoms with Gasteiger partial charge < -0.3 is 18.9 Å². The molecule has 1 spiro atoms. The minimum Gasteiger partial charge on any atom is -0.468 e. The minimum absolute atomic E-state index is 0.0385. The predicted octanol–water partition coefficient (Wildman–Crippen LogP) is 2.41. The Bertz CT molecular complexity index is 628. The highest BCUT2D eigenvalue weighted by atomic mass is 79.9. The van der Waals surface area contributed by atoms with E-state index in [1.807, 2.05) is 0 Å². The Kier molecular flexibility index (Phi) is 4.12.